The highest BCUT2D eigenvalue weighted by molar-refractivity contribution is 5.97. The van der Waals surface area contributed by atoms with Crippen LogP contribution in [0.15, 0.2) is 67.4 Å². The lowest BCUT2D eigenvalue weighted by atomic mass is 10.0. The van der Waals surface area contributed by atoms with E-state index in [0.717, 1.165) is 22.2 Å². The standard InChI is InChI=1S/C24H23FN6O2.C4H7N3/c1-30-14-17(13-27-30)28-24(32)31-9-6-15(7-10-31)21-12-20-18(5-8-26-23(20)29-21)19-11-16(25)3-4-22(19)33-2;1-7-3-4(5)2-6-7/h3-6,8,11-14H,7,9-10H2,1-2H3,(H,26,29)(H,28,32);2-3H,5H2,1H3. The van der Waals surface area contributed by atoms with Crippen LogP contribution < -0.4 is 15.8 Å². The van der Waals surface area contributed by atoms with Crippen LogP contribution in [0.25, 0.3) is 27.7 Å². The van der Waals surface area contributed by atoms with Gasteiger partial charge in [-0.1, -0.05) is 6.08 Å². The Bertz CT molecular complexity index is 1670. The minimum absolute atomic E-state index is 0.155. The number of nitrogen functional groups attached to an aromatic ring is 1. The molecule has 1 aliphatic heterocycles. The van der Waals surface area contributed by atoms with E-state index in [-0.39, 0.29) is 11.8 Å². The molecule has 11 nitrogen and oxygen atoms in total. The number of aromatic nitrogens is 6. The number of hydrogen-bond acceptors (Lipinski definition) is 6. The molecule has 0 bridgehead atoms. The van der Waals surface area contributed by atoms with Gasteiger partial charge in [0.15, 0.2) is 0 Å². The van der Waals surface area contributed by atoms with Crippen molar-refractivity contribution in [1.82, 2.24) is 34.4 Å². The van der Waals surface area contributed by atoms with Crippen LogP contribution in [0, 0.1) is 5.82 Å². The molecule has 1 aromatic carbocycles. The number of methoxy groups -OCH3 is 1. The number of ether oxygens (including phenoxy) is 1. The molecule has 0 radical (unpaired) electrons. The number of nitrogens with two attached hydrogens (primary N) is 1. The Morgan fingerprint density at radius 3 is 2.52 bits per heavy atom. The van der Waals surface area contributed by atoms with Gasteiger partial charge in [-0.05, 0) is 47.9 Å². The summed E-state index contributed by atoms with van der Waals surface area (Å²) in [5.41, 5.74) is 10.9. The van der Waals surface area contributed by atoms with Crippen LogP contribution in [-0.2, 0) is 14.1 Å². The zero-order valence-corrected chi connectivity index (χ0v) is 22.4. The molecular weight excluding hydrogens is 513 g/mol. The second-order valence-electron chi connectivity index (χ2n) is 9.35. The molecule has 2 amide bonds. The number of amides is 2. The first kappa shape index (κ1) is 26.5. The summed E-state index contributed by atoms with van der Waals surface area (Å²) in [7, 11) is 5.20. The largest absolute Gasteiger partial charge is 0.496 e. The summed E-state index contributed by atoms with van der Waals surface area (Å²) < 4.78 is 22.7. The van der Waals surface area contributed by atoms with Gasteiger partial charge in [0, 0.05) is 62.4 Å². The summed E-state index contributed by atoms with van der Waals surface area (Å²) in [6.07, 6.45) is 11.2. The quantitative estimate of drug-likeness (QED) is 0.307. The first-order valence-electron chi connectivity index (χ1n) is 12.6. The number of aromatic amines is 1. The molecule has 40 heavy (non-hydrogen) atoms. The minimum atomic E-state index is -0.328. The Hall–Kier alpha value is -5.13. The SMILES string of the molecule is COc1ccc(F)cc1-c1ccnc2[nH]c(C3=CCN(C(=O)Nc4cnn(C)c4)CC3)cc12.Cn1cc(N)cn1. The molecular formula is C28H30FN9O2. The van der Waals surface area contributed by atoms with Crippen molar-refractivity contribution in [3.05, 3.63) is 78.9 Å². The van der Waals surface area contributed by atoms with Crippen molar-refractivity contribution >= 4 is 34.0 Å². The second-order valence-corrected chi connectivity index (χ2v) is 9.35. The number of pyridine rings is 1. The molecule has 4 N–H and O–H groups in total. The van der Waals surface area contributed by atoms with E-state index in [1.54, 1.807) is 65.5 Å². The van der Waals surface area contributed by atoms with Gasteiger partial charge in [0.1, 0.15) is 17.2 Å². The van der Waals surface area contributed by atoms with Gasteiger partial charge in [-0.25, -0.2) is 14.2 Å². The molecule has 1 aliphatic rings. The summed E-state index contributed by atoms with van der Waals surface area (Å²) in [6.45, 7) is 1.08. The van der Waals surface area contributed by atoms with Crippen molar-refractivity contribution in [2.24, 2.45) is 14.1 Å². The molecule has 0 spiro atoms. The molecule has 0 aliphatic carbocycles. The van der Waals surface area contributed by atoms with Gasteiger partial charge in [0.25, 0.3) is 0 Å². The monoisotopic (exact) mass is 543 g/mol. The first-order chi connectivity index (χ1) is 19.3. The third kappa shape index (κ3) is 5.80. The number of halogens is 1. The lowest BCUT2D eigenvalue weighted by molar-refractivity contribution is 0.217. The van der Waals surface area contributed by atoms with Gasteiger partial charge >= 0.3 is 6.03 Å². The number of urea groups is 1. The third-order valence-corrected chi connectivity index (χ3v) is 6.51. The molecule has 0 saturated heterocycles. The van der Waals surface area contributed by atoms with Crippen LogP contribution in [0.1, 0.15) is 12.1 Å². The van der Waals surface area contributed by atoms with Crippen LogP contribution in [0.2, 0.25) is 0 Å². The summed E-state index contributed by atoms with van der Waals surface area (Å²) in [6, 6.07) is 8.21. The van der Waals surface area contributed by atoms with E-state index in [0.29, 0.717) is 47.8 Å². The van der Waals surface area contributed by atoms with Crippen molar-refractivity contribution in [2.75, 3.05) is 31.2 Å². The Kier molecular flexibility index (Phi) is 7.49. The van der Waals surface area contributed by atoms with Gasteiger partial charge in [-0.15, -0.1) is 0 Å². The Morgan fingerprint density at radius 1 is 1.10 bits per heavy atom. The third-order valence-electron chi connectivity index (χ3n) is 6.51. The molecule has 5 aromatic rings. The number of rotatable bonds is 4. The van der Waals surface area contributed by atoms with Crippen molar-refractivity contribution in [1.29, 1.82) is 0 Å². The van der Waals surface area contributed by atoms with Crippen molar-refractivity contribution < 1.29 is 13.9 Å². The molecule has 12 heteroatoms. The van der Waals surface area contributed by atoms with E-state index >= 15 is 0 Å². The maximum atomic E-state index is 14.0. The summed E-state index contributed by atoms with van der Waals surface area (Å²) in [5, 5.41) is 11.6. The minimum Gasteiger partial charge on any atom is -0.496 e. The van der Waals surface area contributed by atoms with E-state index in [9.17, 15) is 9.18 Å². The predicted octanol–water partition coefficient (Wildman–Crippen LogP) is 4.43. The number of nitrogens with zero attached hydrogens (tertiary/aromatic N) is 6. The van der Waals surface area contributed by atoms with E-state index in [4.69, 9.17) is 10.5 Å². The van der Waals surface area contributed by atoms with Crippen LogP contribution in [0.4, 0.5) is 20.6 Å². The van der Waals surface area contributed by atoms with Gasteiger partial charge in [-0.2, -0.15) is 10.2 Å². The topological polar surface area (TPSA) is 132 Å². The number of H-pyrrole nitrogens is 1. The molecule has 0 unspecified atom stereocenters. The first-order valence-corrected chi connectivity index (χ1v) is 12.6. The molecule has 5 heterocycles. The summed E-state index contributed by atoms with van der Waals surface area (Å²) >= 11 is 0. The van der Waals surface area contributed by atoms with E-state index in [2.05, 4.69) is 25.5 Å². The van der Waals surface area contributed by atoms with Gasteiger partial charge < -0.3 is 25.7 Å². The van der Waals surface area contributed by atoms with Crippen LogP contribution in [-0.4, -0.2) is 60.7 Å². The normalized spacial score (nSPS) is 13.0. The van der Waals surface area contributed by atoms with Crippen LogP contribution >= 0.6 is 0 Å². The lowest BCUT2D eigenvalue weighted by Gasteiger charge is -2.26. The molecule has 6 rings (SSSR count). The number of benzene rings is 1. The molecule has 206 valence electrons. The molecule has 4 aromatic heterocycles. The van der Waals surface area contributed by atoms with Crippen LogP contribution in [0.5, 0.6) is 5.75 Å². The fourth-order valence-electron chi connectivity index (χ4n) is 4.55. The Balaban J connectivity index is 0.000000403. The van der Waals surface area contributed by atoms with E-state index in [1.807, 2.05) is 25.3 Å². The van der Waals surface area contributed by atoms with Crippen LogP contribution in [0.3, 0.4) is 0 Å². The highest BCUT2D eigenvalue weighted by atomic mass is 19.1. The Morgan fingerprint density at radius 2 is 1.90 bits per heavy atom. The average Bonchev–Trinajstić information content (AvgIpc) is 3.68. The highest BCUT2D eigenvalue weighted by Crippen LogP contribution is 2.36. The maximum absolute atomic E-state index is 14.0. The predicted molar refractivity (Wildman–Crippen MR) is 152 cm³/mol. The number of carbonyl (C=O) groups excluding carboxylic acids is 1. The average molecular weight is 544 g/mol. The second kappa shape index (κ2) is 11.3. The molecule has 0 saturated carbocycles. The number of nitrogens with one attached hydrogen (secondary N) is 2. The fourth-order valence-corrected chi connectivity index (χ4v) is 4.55. The Labute approximate surface area is 230 Å². The van der Waals surface area contributed by atoms with Gasteiger partial charge in [0.05, 0.1) is 30.9 Å². The number of anilines is 2. The van der Waals surface area contributed by atoms with Crippen molar-refractivity contribution in [3.63, 3.8) is 0 Å². The number of hydrogen-bond donors (Lipinski definition) is 3. The lowest BCUT2D eigenvalue weighted by Crippen LogP contribution is -2.37. The zero-order valence-electron chi connectivity index (χ0n) is 22.4. The fraction of sp³-hybridized carbons (Fsp3) is 0.214. The van der Waals surface area contributed by atoms with E-state index < -0.39 is 0 Å². The molecule has 0 fully saturated rings. The van der Waals surface area contributed by atoms with Crippen molar-refractivity contribution in [2.45, 2.75) is 6.42 Å². The van der Waals surface area contributed by atoms with Crippen molar-refractivity contribution in [3.8, 4) is 16.9 Å². The van der Waals surface area contributed by atoms with E-state index in [1.165, 1.54) is 12.1 Å². The number of aryl methyl sites for hydroxylation is 2. The number of fused-ring (bicyclic) bond motifs is 1. The molecule has 0 atom stereocenters. The zero-order chi connectivity index (χ0) is 28.2. The summed E-state index contributed by atoms with van der Waals surface area (Å²) in [5.74, 6) is 0.268. The smallest absolute Gasteiger partial charge is 0.322 e. The van der Waals surface area contributed by atoms with Gasteiger partial charge in [-0.3, -0.25) is 9.36 Å². The highest BCUT2D eigenvalue weighted by Gasteiger charge is 2.20. The summed E-state index contributed by atoms with van der Waals surface area (Å²) in [4.78, 5) is 22.1. The number of carbonyl (C=O) groups is 1. The maximum Gasteiger partial charge on any atom is 0.322 e. The van der Waals surface area contributed by atoms with Gasteiger partial charge in [0.2, 0.25) is 0 Å².